The quantitative estimate of drug-likeness (QED) is 0.630. The maximum atomic E-state index is 11.5. The van der Waals surface area contributed by atoms with Crippen molar-refractivity contribution in [3.05, 3.63) is 46.9 Å². The molecule has 0 bridgehead atoms. The third kappa shape index (κ3) is 2.84. The number of nitrogens with zero attached hydrogens (tertiary/aromatic N) is 3. The molecule has 1 aromatic carbocycles. The van der Waals surface area contributed by atoms with E-state index >= 15 is 0 Å². The normalized spacial score (nSPS) is 10.7. The molecule has 8 heteroatoms. The lowest BCUT2D eigenvalue weighted by atomic mass is 10.3. The molecule has 0 saturated heterocycles. The zero-order chi connectivity index (χ0) is 14.7. The van der Waals surface area contributed by atoms with Gasteiger partial charge in [-0.3, -0.25) is 0 Å². The van der Waals surface area contributed by atoms with Crippen LogP contribution in [0.25, 0.3) is 5.65 Å². The molecular weight excluding hydrogens is 272 g/mol. The third-order valence-corrected chi connectivity index (χ3v) is 2.79. The molecule has 0 atom stereocenters. The van der Waals surface area contributed by atoms with Crippen molar-refractivity contribution in [2.45, 2.75) is 0 Å². The van der Waals surface area contributed by atoms with E-state index in [9.17, 15) is 4.79 Å². The molecular formula is C13H14N6O2. The summed E-state index contributed by atoms with van der Waals surface area (Å²) < 4.78 is 6.59. The average molecular weight is 286 g/mol. The summed E-state index contributed by atoms with van der Waals surface area (Å²) in [6, 6.07) is 10.8. The Morgan fingerprint density at radius 2 is 2.05 bits per heavy atom. The van der Waals surface area contributed by atoms with E-state index in [-0.39, 0.29) is 5.69 Å². The van der Waals surface area contributed by atoms with Crippen molar-refractivity contribution in [3.63, 3.8) is 0 Å². The molecule has 0 amide bonds. The molecule has 2 aromatic heterocycles. The van der Waals surface area contributed by atoms with E-state index in [2.05, 4.69) is 20.6 Å². The van der Waals surface area contributed by atoms with Crippen molar-refractivity contribution in [1.82, 2.24) is 19.8 Å². The van der Waals surface area contributed by atoms with Crippen LogP contribution in [0.3, 0.4) is 0 Å². The Hall–Kier alpha value is -2.87. The first-order chi connectivity index (χ1) is 10.3. The summed E-state index contributed by atoms with van der Waals surface area (Å²) in [5, 5.41) is 13.4. The molecule has 0 saturated carbocycles. The number of aromatic nitrogens is 4. The number of nitrogens with one attached hydrogen (secondary N) is 2. The molecule has 4 N–H and O–H groups in total. The van der Waals surface area contributed by atoms with Crippen LogP contribution >= 0.6 is 0 Å². The zero-order valence-corrected chi connectivity index (χ0v) is 11.1. The van der Waals surface area contributed by atoms with Gasteiger partial charge in [0.1, 0.15) is 12.4 Å². The number of ether oxygens (including phenoxy) is 1. The maximum Gasteiger partial charge on any atom is 0.364 e. The van der Waals surface area contributed by atoms with Crippen LogP contribution in [-0.2, 0) is 0 Å². The van der Waals surface area contributed by atoms with Crippen molar-refractivity contribution in [3.8, 4) is 5.75 Å². The Labute approximate surface area is 119 Å². The zero-order valence-electron chi connectivity index (χ0n) is 11.1. The molecule has 108 valence electrons. The van der Waals surface area contributed by atoms with Crippen molar-refractivity contribution in [2.24, 2.45) is 5.73 Å². The fourth-order valence-corrected chi connectivity index (χ4v) is 1.83. The Bertz CT molecular complexity index is 792. The number of aromatic amines is 1. The smallest absolute Gasteiger partial charge is 0.364 e. The molecule has 0 spiro atoms. The standard InChI is InChI=1S/C13H14N6O2/c14-7-8-21-10-3-1-9(2-4-10)15-11-5-6-12-16-17-13(20)19(12)18-11/h1-6H,7-8,14H2,(H,15,18)(H,17,20). The SMILES string of the molecule is NCCOc1ccc(Nc2ccc3n[nH]c(=O)n3n2)cc1. The highest BCUT2D eigenvalue weighted by molar-refractivity contribution is 5.57. The number of anilines is 2. The van der Waals surface area contributed by atoms with E-state index in [1.165, 1.54) is 4.52 Å². The molecule has 3 aromatic rings. The van der Waals surface area contributed by atoms with Crippen LogP contribution in [0, 0.1) is 0 Å². The second kappa shape index (κ2) is 5.63. The van der Waals surface area contributed by atoms with Gasteiger partial charge in [-0.05, 0) is 36.4 Å². The highest BCUT2D eigenvalue weighted by Crippen LogP contribution is 2.18. The molecule has 2 heterocycles. The first-order valence-electron chi connectivity index (χ1n) is 6.41. The van der Waals surface area contributed by atoms with Crippen LogP contribution in [-0.4, -0.2) is 33.0 Å². The summed E-state index contributed by atoms with van der Waals surface area (Å²) in [6.07, 6.45) is 0. The fraction of sp³-hybridized carbons (Fsp3) is 0.154. The maximum absolute atomic E-state index is 11.5. The van der Waals surface area contributed by atoms with E-state index in [0.717, 1.165) is 11.4 Å². The highest BCUT2D eigenvalue weighted by Gasteiger charge is 2.03. The highest BCUT2D eigenvalue weighted by atomic mass is 16.5. The van der Waals surface area contributed by atoms with Crippen LogP contribution < -0.4 is 21.5 Å². The van der Waals surface area contributed by atoms with Gasteiger partial charge in [0.15, 0.2) is 11.5 Å². The van der Waals surface area contributed by atoms with Gasteiger partial charge in [-0.2, -0.15) is 9.61 Å². The van der Waals surface area contributed by atoms with Gasteiger partial charge in [0, 0.05) is 12.2 Å². The summed E-state index contributed by atoms with van der Waals surface area (Å²) in [4.78, 5) is 11.5. The number of hydrogen-bond acceptors (Lipinski definition) is 6. The first kappa shape index (κ1) is 13.1. The summed E-state index contributed by atoms with van der Waals surface area (Å²) in [7, 11) is 0. The summed E-state index contributed by atoms with van der Waals surface area (Å²) in [6.45, 7) is 0.956. The second-order valence-corrected chi connectivity index (χ2v) is 4.30. The number of rotatable bonds is 5. The van der Waals surface area contributed by atoms with E-state index in [1.54, 1.807) is 12.1 Å². The van der Waals surface area contributed by atoms with Gasteiger partial charge >= 0.3 is 5.69 Å². The number of hydrogen-bond donors (Lipinski definition) is 3. The minimum absolute atomic E-state index is 0.376. The van der Waals surface area contributed by atoms with Crippen LogP contribution in [0.5, 0.6) is 5.75 Å². The van der Waals surface area contributed by atoms with Crippen LogP contribution in [0.2, 0.25) is 0 Å². The monoisotopic (exact) mass is 286 g/mol. The van der Waals surface area contributed by atoms with Crippen molar-refractivity contribution in [2.75, 3.05) is 18.5 Å². The van der Waals surface area contributed by atoms with Crippen molar-refractivity contribution in [1.29, 1.82) is 0 Å². The van der Waals surface area contributed by atoms with Gasteiger partial charge in [0.2, 0.25) is 0 Å². The van der Waals surface area contributed by atoms with Crippen LogP contribution in [0.4, 0.5) is 11.5 Å². The Balaban J connectivity index is 1.78. The van der Waals surface area contributed by atoms with E-state index in [4.69, 9.17) is 10.5 Å². The Kier molecular flexibility index (Phi) is 3.52. The van der Waals surface area contributed by atoms with Gasteiger partial charge in [-0.25, -0.2) is 9.89 Å². The molecule has 0 aliphatic rings. The predicted molar refractivity (Wildman–Crippen MR) is 77.9 cm³/mol. The molecule has 8 nitrogen and oxygen atoms in total. The van der Waals surface area contributed by atoms with Crippen LogP contribution in [0.15, 0.2) is 41.2 Å². The number of benzene rings is 1. The second-order valence-electron chi connectivity index (χ2n) is 4.30. The van der Waals surface area contributed by atoms with E-state index in [1.807, 2.05) is 24.3 Å². The van der Waals surface area contributed by atoms with Gasteiger partial charge in [-0.15, -0.1) is 5.10 Å². The predicted octanol–water partition coefficient (Wildman–Crippen LogP) is 0.499. The van der Waals surface area contributed by atoms with Crippen LogP contribution in [0.1, 0.15) is 0 Å². The van der Waals surface area contributed by atoms with Gasteiger partial charge < -0.3 is 15.8 Å². The summed E-state index contributed by atoms with van der Waals surface area (Å²) in [5.74, 6) is 1.29. The molecule has 0 radical (unpaired) electrons. The lowest BCUT2D eigenvalue weighted by Gasteiger charge is -2.07. The number of fused-ring (bicyclic) bond motifs is 1. The van der Waals surface area contributed by atoms with Gasteiger partial charge in [0.25, 0.3) is 0 Å². The summed E-state index contributed by atoms with van der Waals surface area (Å²) >= 11 is 0. The lowest BCUT2D eigenvalue weighted by Crippen LogP contribution is -2.13. The molecule has 0 unspecified atom stereocenters. The van der Waals surface area contributed by atoms with Gasteiger partial charge in [0.05, 0.1) is 0 Å². The molecule has 0 fully saturated rings. The lowest BCUT2D eigenvalue weighted by molar-refractivity contribution is 0.328. The molecule has 21 heavy (non-hydrogen) atoms. The van der Waals surface area contributed by atoms with Crippen molar-refractivity contribution < 1.29 is 4.74 Å². The Morgan fingerprint density at radius 3 is 2.81 bits per heavy atom. The van der Waals surface area contributed by atoms with Crippen molar-refractivity contribution >= 4 is 17.2 Å². The molecule has 3 rings (SSSR count). The number of nitrogens with two attached hydrogens (primary N) is 1. The largest absolute Gasteiger partial charge is 0.492 e. The minimum atomic E-state index is -0.376. The molecule has 0 aliphatic heterocycles. The third-order valence-electron chi connectivity index (χ3n) is 2.79. The summed E-state index contributed by atoms with van der Waals surface area (Å²) in [5.41, 5.74) is 6.30. The average Bonchev–Trinajstić information content (AvgIpc) is 2.88. The Morgan fingerprint density at radius 1 is 1.24 bits per heavy atom. The van der Waals surface area contributed by atoms with Gasteiger partial charge in [-0.1, -0.05) is 0 Å². The first-order valence-corrected chi connectivity index (χ1v) is 6.41. The molecule has 0 aliphatic carbocycles. The fourth-order valence-electron chi connectivity index (χ4n) is 1.83. The minimum Gasteiger partial charge on any atom is -0.492 e. The van der Waals surface area contributed by atoms with E-state index in [0.29, 0.717) is 24.6 Å². The van der Waals surface area contributed by atoms with E-state index < -0.39 is 0 Å². The topological polar surface area (TPSA) is 110 Å². The number of H-pyrrole nitrogens is 1.